The van der Waals surface area contributed by atoms with Crippen molar-refractivity contribution in [2.45, 2.75) is 32.7 Å². The maximum Gasteiger partial charge on any atom is 0.154 e. The summed E-state index contributed by atoms with van der Waals surface area (Å²) in [6.45, 7) is 6.16. The minimum Gasteiger partial charge on any atom is -0.355 e. The number of fused-ring (bicyclic) bond motifs is 1. The molecular formula is C19H23N5. The highest BCUT2D eigenvalue weighted by atomic mass is 15.3. The van der Waals surface area contributed by atoms with Crippen molar-refractivity contribution in [1.29, 1.82) is 0 Å². The molecular weight excluding hydrogens is 298 g/mol. The molecule has 124 valence electrons. The molecule has 24 heavy (non-hydrogen) atoms. The van der Waals surface area contributed by atoms with Gasteiger partial charge in [-0.1, -0.05) is 23.8 Å². The highest BCUT2D eigenvalue weighted by molar-refractivity contribution is 5.76. The van der Waals surface area contributed by atoms with Crippen LogP contribution in [0.3, 0.4) is 0 Å². The maximum absolute atomic E-state index is 6.03. The summed E-state index contributed by atoms with van der Waals surface area (Å²) in [6, 6.07) is 8.95. The minimum absolute atomic E-state index is 0.316. The van der Waals surface area contributed by atoms with Gasteiger partial charge in [-0.25, -0.2) is 9.50 Å². The molecule has 0 spiro atoms. The van der Waals surface area contributed by atoms with E-state index >= 15 is 0 Å². The first-order valence-corrected chi connectivity index (χ1v) is 8.54. The highest BCUT2D eigenvalue weighted by Crippen LogP contribution is 2.28. The van der Waals surface area contributed by atoms with Gasteiger partial charge in [0.2, 0.25) is 0 Å². The Bertz CT molecular complexity index is 875. The summed E-state index contributed by atoms with van der Waals surface area (Å²) in [6.07, 6.45) is 5.78. The lowest BCUT2D eigenvalue weighted by atomic mass is 10.0. The smallest absolute Gasteiger partial charge is 0.154 e. The zero-order valence-electron chi connectivity index (χ0n) is 14.2. The number of hydrogen-bond donors (Lipinski definition) is 1. The molecule has 3 heterocycles. The zero-order valence-corrected chi connectivity index (χ0v) is 14.2. The Morgan fingerprint density at radius 3 is 2.67 bits per heavy atom. The lowest BCUT2D eigenvalue weighted by Crippen LogP contribution is -2.40. The molecule has 0 aliphatic carbocycles. The molecule has 1 aromatic carbocycles. The Morgan fingerprint density at radius 2 is 1.92 bits per heavy atom. The van der Waals surface area contributed by atoms with Crippen LogP contribution in [0.4, 0.5) is 5.82 Å². The Labute approximate surface area is 142 Å². The van der Waals surface area contributed by atoms with Gasteiger partial charge in [-0.05, 0) is 38.3 Å². The fourth-order valence-corrected chi connectivity index (χ4v) is 3.50. The van der Waals surface area contributed by atoms with E-state index in [-0.39, 0.29) is 0 Å². The lowest BCUT2D eigenvalue weighted by molar-refractivity contribution is 0.499. The zero-order chi connectivity index (χ0) is 16.7. The van der Waals surface area contributed by atoms with Crippen LogP contribution in [0.2, 0.25) is 0 Å². The topological polar surface area (TPSA) is 59.5 Å². The standard InChI is InChI=1S/C19H23N5/c1-13-3-4-16(14(2)11-13)17-12-18-19(21-7-10-24(18)22-17)23-8-5-15(20)6-9-23/h3-4,7,10-12,15H,5-6,8-9,20H2,1-2H3. The van der Waals surface area contributed by atoms with Crippen LogP contribution in [0.5, 0.6) is 0 Å². The third kappa shape index (κ3) is 2.65. The van der Waals surface area contributed by atoms with Crippen molar-refractivity contribution in [2.24, 2.45) is 5.73 Å². The van der Waals surface area contributed by atoms with Crippen molar-refractivity contribution in [3.8, 4) is 11.3 Å². The normalized spacial score (nSPS) is 16.0. The summed E-state index contributed by atoms with van der Waals surface area (Å²) in [5, 5.41) is 4.77. The van der Waals surface area contributed by atoms with Gasteiger partial charge in [-0.15, -0.1) is 0 Å². The van der Waals surface area contributed by atoms with E-state index in [0.717, 1.165) is 43.0 Å². The molecule has 1 saturated heterocycles. The number of piperidine rings is 1. The quantitative estimate of drug-likeness (QED) is 0.788. The third-order valence-corrected chi connectivity index (χ3v) is 4.87. The number of aromatic nitrogens is 3. The van der Waals surface area contributed by atoms with Crippen molar-refractivity contribution in [3.63, 3.8) is 0 Å². The second-order valence-corrected chi connectivity index (χ2v) is 6.75. The molecule has 2 aromatic heterocycles. The summed E-state index contributed by atoms with van der Waals surface area (Å²) in [5.41, 5.74) is 11.8. The van der Waals surface area contributed by atoms with E-state index in [4.69, 9.17) is 10.8 Å². The number of anilines is 1. The van der Waals surface area contributed by atoms with Crippen LogP contribution in [-0.4, -0.2) is 33.7 Å². The summed E-state index contributed by atoms with van der Waals surface area (Å²) >= 11 is 0. The van der Waals surface area contributed by atoms with Crippen LogP contribution in [0.25, 0.3) is 16.8 Å². The summed E-state index contributed by atoms with van der Waals surface area (Å²) < 4.78 is 1.94. The Morgan fingerprint density at radius 1 is 1.12 bits per heavy atom. The molecule has 5 heteroatoms. The van der Waals surface area contributed by atoms with Crippen LogP contribution in [0.1, 0.15) is 24.0 Å². The molecule has 1 aliphatic heterocycles. The molecule has 0 atom stereocenters. The van der Waals surface area contributed by atoms with Crippen molar-refractivity contribution >= 4 is 11.3 Å². The Hall–Kier alpha value is -2.40. The number of benzene rings is 1. The fraction of sp³-hybridized carbons (Fsp3) is 0.368. The molecule has 0 bridgehead atoms. The van der Waals surface area contributed by atoms with Crippen LogP contribution in [0.15, 0.2) is 36.7 Å². The van der Waals surface area contributed by atoms with E-state index in [0.29, 0.717) is 6.04 Å². The van der Waals surface area contributed by atoms with Crippen LogP contribution in [-0.2, 0) is 0 Å². The molecule has 0 amide bonds. The van der Waals surface area contributed by atoms with Crippen molar-refractivity contribution in [1.82, 2.24) is 14.6 Å². The molecule has 2 N–H and O–H groups in total. The van der Waals surface area contributed by atoms with Gasteiger partial charge in [-0.3, -0.25) is 0 Å². The predicted octanol–water partition coefficient (Wildman–Crippen LogP) is 2.94. The number of nitrogens with zero attached hydrogens (tertiary/aromatic N) is 4. The average Bonchev–Trinajstić information content (AvgIpc) is 2.99. The monoisotopic (exact) mass is 321 g/mol. The molecule has 4 rings (SSSR count). The van der Waals surface area contributed by atoms with Crippen LogP contribution in [0, 0.1) is 13.8 Å². The number of rotatable bonds is 2. The largest absolute Gasteiger partial charge is 0.355 e. The Kier molecular flexibility index (Phi) is 3.73. The number of aryl methyl sites for hydroxylation is 2. The van der Waals surface area contributed by atoms with Crippen molar-refractivity contribution < 1.29 is 0 Å². The van der Waals surface area contributed by atoms with Crippen LogP contribution >= 0.6 is 0 Å². The maximum atomic E-state index is 6.03. The third-order valence-electron chi connectivity index (χ3n) is 4.87. The van der Waals surface area contributed by atoms with E-state index in [2.05, 4.69) is 48.0 Å². The molecule has 0 saturated carbocycles. The first kappa shape index (κ1) is 15.1. The predicted molar refractivity (Wildman–Crippen MR) is 97.3 cm³/mol. The highest BCUT2D eigenvalue weighted by Gasteiger charge is 2.20. The van der Waals surface area contributed by atoms with E-state index < -0.39 is 0 Å². The first-order chi connectivity index (χ1) is 11.6. The van der Waals surface area contributed by atoms with Crippen molar-refractivity contribution in [2.75, 3.05) is 18.0 Å². The number of nitrogens with two attached hydrogens (primary N) is 1. The number of hydrogen-bond acceptors (Lipinski definition) is 4. The molecule has 0 radical (unpaired) electrons. The SMILES string of the molecule is Cc1ccc(-c2cc3c(N4CCC(N)CC4)nccn3n2)c(C)c1. The summed E-state index contributed by atoms with van der Waals surface area (Å²) in [4.78, 5) is 6.95. The molecule has 0 unspecified atom stereocenters. The summed E-state index contributed by atoms with van der Waals surface area (Å²) in [7, 11) is 0. The molecule has 3 aromatic rings. The fourth-order valence-electron chi connectivity index (χ4n) is 3.50. The molecule has 1 fully saturated rings. The van der Waals surface area contributed by atoms with E-state index in [1.807, 2.05) is 16.9 Å². The molecule has 1 aliphatic rings. The van der Waals surface area contributed by atoms with Gasteiger partial charge in [-0.2, -0.15) is 5.10 Å². The van der Waals surface area contributed by atoms with E-state index in [1.54, 1.807) is 0 Å². The summed E-state index contributed by atoms with van der Waals surface area (Å²) in [5.74, 6) is 1.01. The van der Waals surface area contributed by atoms with Gasteiger partial charge in [0.05, 0.1) is 5.69 Å². The van der Waals surface area contributed by atoms with Gasteiger partial charge in [0, 0.05) is 37.1 Å². The second-order valence-electron chi connectivity index (χ2n) is 6.75. The second kappa shape index (κ2) is 5.91. The van der Waals surface area contributed by atoms with Gasteiger partial charge >= 0.3 is 0 Å². The average molecular weight is 321 g/mol. The lowest BCUT2D eigenvalue weighted by Gasteiger charge is -2.31. The van der Waals surface area contributed by atoms with Gasteiger partial charge < -0.3 is 10.6 Å². The van der Waals surface area contributed by atoms with Gasteiger partial charge in [0.25, 0.3) is 0 Å². The Balaban J connectivity index is 1.77. The van der Waals surface area contributed by atoms with Crippen LogP contribution < -0.4 is 10.6 Å². The van der Waals surface area contributed by atoms with E-state index in [9.17, 15) is 0 Å². The van der Waals surface area contributed by atoms with Gasteiger partial charge in [0.15, 0.2) is 5.82 Å². The minimum atomic E-state index is 0.316. The molecule has 5 nitrogen and oxygen atoms in total. The van der Waals surface area contributed by atoms with Crippen molar-refractivity contribution in [3.05, 3.63) is 47.8 Å². The van der Waals surface area contributed by atoms with E-state index in [1.165, 1.54) is 16.7 Å². The van der Waals surface area contributed by atoms with Gasteiger partial charge in [0.1, 0.15) is 5.52 Å². The first-order valence-electron chi connectivity index (χ1n) is 8.54.